The van der Waals surface area contributed by atoms with Gasteiger partial charge in [-0.2, -0.15) is 0 Å². The van der Waals surface area contributed by atoms with Crippen LogP contribution in [-0.2, 0) is 25.7 Å². The van der Waals surface area contributed by atoms with Crippen LogP contribution in [0.4, 0.5) is 0 Å². The predicted octanol–water partition coefficient (Wildman–Crippen LogP) is 5.24. The summed E-state index contributed by atoms with van der Waals surface area (Å²) in [5, 5.41) is 0. The molecule has 0 fully saturated rings. The number of hydrogen-bond acceptors (Lipinski definition) is 10. The number of carbonyl (C=O) groups is 2. The van der Waals surface area contributed by atoms with Crippen molar-refractivity contribution in [1.29, 1.82) is 0 Å². The zero-order valence-electron chi connectivity index (χ0n) is 27.2. The second-order valence-electron chi connectivity index (χ2n) is 10.8. The average Bonchev–Trinajstić information content (AvgIpc) is 3.36. The van der Waals surface area contributed by atoms with Gasteiger partial charge in [-0.25, -0.2) is 14.6 Å². The lowest BCUT2D eigenvalue weighted by Gasteiger charge is -2.25. The van der Waals surface area contributed by atoms with Gasteiger partial charge in [-0.05, 0) is 97.3 Å². The maximum absolute atomic E-state index is 14.1. The van der Waals surface area contributed by atoms with Crippen molar-refractivity contribution in [3.05, 3.63) is 117 Å². The molecule has 1 aliphatic heterocycles. The van der Waals surface area contributed by atoms with E-state index >= 15 is 0 Å². The summed E-state index contributed by atoms with van der Waals surface area (Å²) in [6.07, 6.45) is 1.81. The van der Waals surface area contributed by atoms with Crippen LogP contribution in [0.1, 0.15) is 49.1 Å². The van der Waals surface area contributed by atoms with E-state index in [1.165, 1.54) is 28.6 Å². The molecule has 250 valence electrons. The third kappa shape index (κ3) is 7.81. The molecule has 0 N–H and O–H groups in total. The molecule has 4 aromatic rings. The summed E-state index contributed by atoms with van der Waals surface area (Å²) < 4.78 is 30.5. The zero-order chi connectivity index (χ0) is 34.4. The quantitative estimate of drug-likeness (QED) is 0.142. The Balaban J connectivity index is 1.54. The predicted molar refractivity (Wildman–Crippen MR) is 190 cm³/mol. The molecule has 0 bridgehead atoms. The number of allylic oxidation sites excluding steroid dienone is 1. The van der Waals surface area contributed by atoms with Gasteiger partial charge in [0.2, 0.25) is 0 Å². The molecule has 48 heavy (non-hydrogen) atoms. The van der Waals surface area contributed by atoms with Crippen molar-refractivity contribution in [1.82, 2.24) is 4.57 Å². The summed E-state index contributed by atoms with van der Waals surface area (Å²) in [4.78, 5) is 44.3. The molecule has 0 amide bonds. The summed E-state index contributed by atoms with van der Waals surface area (Å²) in [5.74, 6) is 0.291. The molecule has 0 aliphatic carbocycles. The third-order valence-corrected chi connectivity index (χ3v) is 9.23. The number of aryl methyl sites for hydroxylation is 1. The van der Waals surface area contributed by atoms with Crippen LogP contribution in [0.25, 0.3) is 6.08 Å². The van der Waals surface area contributed by atoms with Gasteiger partial charge < -0.3 is 23.7 Å². The Labute approximate surface area is 295 Å². The largest absolute Gasteiger partial charge is 0.490 e. The Morgan fingerprint density at radius 2 is 1.75 bits per heavy atom. The van der Waals surface area contributed by atoms with E-state index in [1.807, 2.05) is 56.3 Å². The van der Waals surface area contributed by atoms with Crippen molar-refractivity contribution in [3.8, 4) is 17.2 Å². The Morgan fingerprint density at radius 3 is 2.46 bits per heavy atom. The molecule has 0 radical (unpaired) electrons. The monoisotopic (exact) mass is 782 g/mol. The van der Waals surface area contributed by atoms with Gasteiger partial charge in [-0.1, -0.05) is 53.3 Å². The molecule has 0 saturated heterocycles. The Kier molecular flexibility index (Phi) is 11.4. The molecular formula is C36H35IN2O8S. The van der Waals surface area contributed by atoms with Crippen molar-refractivity contribution in [2.24, 2.45) is 4.99 Å². The van der Waals surface area contributed by atoms with Gasteiger partial charge in [0.1, 0.15) is 12.4 Å². The average molecular weight is 783 g/mol. The molecule has 10 nitrogen and oxygen atoms in total. The summed E-state index contributed by atoms with van der Waals surface area (Å²) >= 11 is 3.47. The second kappa shape index (κ2) is 15.6. The van der Waals surface area contributed by atoms with E-state index in [1.54, 1.807) is 32.0 Å². The summed E-state index contributed by atoms with van der Waals surface area (Å²) in [6, 6.07) is 18.1. The van der Waals surface area contributed by atoms with Crippen molar-refractivity contribution < 1.29 is 33.3 Å². The van der Waals surface area contributed by atoms with Crippen LogP contribution < -0.4 is 29.1 Å². The molecule has 12 heteroatoms. The molecule has 0 unspecified atom stereocenters. The first-order valence-corrected chi connectivity index (χ1v) is 17.2. The number of thiazole rings is 1. The highest BCUT2D eigenvalue weighted by Gasteiger charge is 2.34. The van der Waals surface area contributed by atoms with Crippen LogP contribution in [0.5, 0.6) is 17.2 Å². The minimum atomic E-state index is -0.853. The van der Waals surface area contributed by atoms with E-state index < -0.39 is 18.0 Å². The Morgan fingerprint density at radius 1 is 0.958 bits per heavy atom. The van der Waals surface area contributed by atoms with Crippen molar-refractivity contribution in [2.45, 2.75) is 40.3 Å². The number of carbonyl (C=O) groups excluding carboxylic acids is 2. The first kappa shape index (κ1) is 34.9. The lowest BCUT2D eigenvalue weighted by molar-refractivity contribution is -0.143. The molecule has 2 heterocycles. The van der Waals surface area contributed by atoms with Crippen LogP contribution in [0.3, 0.4) is 0 Å². The molecule has 5 rings (SSSR count). The van der Waals surface area contributed by atoms with E-state index in [2.05, 4.69) is 38.4 Å². The van der Waals surface area contributed by atoms with E-state index in [-0.39, 0.29) is 24.3 Å². The maximum Gasteiger partial charge on any atom is 0.343 e. The fraction of sp³-hybridized carbons (Fsp3) is 0.278. The number of aromatic nitrogens is 1. The third-order valence-electron chi connectivity index (χ3n) is 7.40. The van der Waals surface area contributed by atoms with Gasteiger partial charge in [0, 0.05) is 0 Å². The molecule has 0 saturated carbocycles. The SMILES string of the molecule is CCOC(=O)C1=C(C)N=c2s/c(=C\c3ccc(OCc4cccc(C)c4)c(I)c3)c(=O)n2[C@@H]1c1ccc(OCC(=O)OC)c(OCC)c1. The number of ether oxygens (including phenoxy) is 5. The molecule has 3 aromatic carbocycles. The Hall–Kier alpha value is -4.43. The lowest BCUT2D eigenvalue weighted by atomic mass is 9.95. The minimum Gasteiger partial charge on any atom is -0.490 e. The van der Waals surface area contributed by atoms with Gasteiger partial charge in [-0.15, -0.1) is 0 Å². The normalized spacial score (nSPS) is 14.2. The van der Waals surface area contributed by atoms with Gasteiger partial charge in [-0.3, -0.25) is 9.36 Å². The van der Waals surface area contributed by atoms with Crippen molar-refractivity contribution >= 4 is 51.9 Å². The number of esters is 2. The molecule has 1 atom stereocenters. The highest BCUT2D eigenvalue weighted by molar-refractivity contribution is 14.1. The van der Waals surface area contributed by atoms with Crippen molar-refractivity contribution in [3.63, 3.8) is 0 Å². The second-order valence-corrected chi connectivity index (χ2v) is 12.9. The Bertz CT molecular complexity index is 2070. The fourth-order valence-corrected chi connectivity index (χ4v) is 6.96. The van der Waals surface area contributed by atoms with E-state index in [9.17, 15) is 14.4 Å². The highest BCUT2D eigenvalue weighted by Crippen LogP contribution is 2.36. The smallest absolute Gasteiger partial charge is 0.343 e. The summed E-state index contributed by atoms with van der Waals surface area (Å²) in [5.41, 5.74) is 4.03. The fourth-order valence-electron chi connectivity index (χ4n) is 5.22. The van der Waals surface area contributed by atoms with E-state index in [4.69, 9.17) is 18.9 Å². The maximum atomic E-state index is 14.1. The van der Waals surface area contributed by atoms with Crippen LogP contribution in [0.2, 0.25) is 0 Å². The first-order chi connectivity index (χ1) is 23.1. The topological polar surface area (TPSA) is 115 Å². The number of hydrogen-bond donors (Lipinski definition) is 0. The van der Waals surface area contributed by atoms with Crippen LogP contribution in [0.15, 0.2) is 81.7 Å². The number of nitrogens with zero attached hydrogens (tertiary/aromatic N) is 2. The lowest BCUT2D eigenvalue weighted by Crippen LogP contribution is -2.40. The van der Waals surface area contributed by atoms with Crippen LogP contribution in [-0.4, -0.2) is 43.4 Å². The van der Waals surface area contributed by atoms with Gasteiger partial charge in [0.15, 0.2) is 22.9 Å². The molecule has 0 spiro atoms. The van der Waals surface area contributed by atoms with Crippen LogP contribution in [0, 0.1) is 10.5 Å². The number of halogens is 1. The van der Waals surface area contributed by atoms with E-state index in [0.717, 1.165) is 20.4 Å². The first-order valence-electron chi connectivity index (χ1n) is 15.3. The summed E-state index contributed by atoms with van der Waals surface area (Å²) in [6.45, 7) is 7.92. The molecule has 1 aromatic heterocycles. The van der Waals surface area contributed by atoms with Crippen molar-refractivity contribution in [2.75, 3.05) is 26.9 Å². The zero-order valence-corrected chi connectivity index (χ0v) is 30.2. The van der Waals surface area contributed by atoms with E-state index in [0.29, 0.717) is 45.3 Å². The number of methoxy groups -OCH3 is 1. The molecule has 1 aliphatic rings. The number of rotatable bonds is 12. The number of benzene rings is 3. The highest BCUT2D eigenvalue weighted by atomic mass is 127. The number of fused-ring (bicyclic) bond motifs is 1. The molecular weight excluding hydrogens is 747 g/mol. The minimum absolute atomic E-state index is 0.153. The van der Waals surface area contributed by atoms with Crippen LogP contribution >= 0.6 is 33.9 Å². The summed E-state index contributed by atoms with van der Waals surface area (Å²) in [7, 11) is 1.28. The van der Waals surface area contributed by atoms with Gasteiger partial charge >= 0.3 is 11.9 Å². The standard InChI is InChI=1S/C36H35IN2O8S/c1-6-44-29-18-25(12-14-28(29)47-20-31(40)43-5)33-32(35(42)45-7-2)22(4)38-36-39(33)34(41)30(48-36)17-23-11-13-27(26(37)16-23)46-19-24-10-8-9-21(3)15-24/h8-18,33H,6-7,19-20H2,1-5H3/b30-17-/t33-/m1/s1. The van der Waals surface area contributed by atoms with Gasteiger partial charge in [0.05, 0.1) is 45.7 Å². The van der Waals surface area contributed by atoms with Gasteiger partial charge in [0.25, 0.3) is 5.56 Å².